The Hall–Kier alpha value is -9.40. The normalized spacial score (nSPS) is 12.0. The molecule has 324 valence electrons. The first-order chi connectivity index (χ1) is 34.6. The third kappa shape index (κ3) is 5.08. The molecule has 0 spiro atoms. The summed E-state index contributed by atoms with van der Waals surface area (Å²) in [4.78, 5) is 4.62. The fraction of sp³-hybridized carbons (Fsp3) is 0.0159. The fourth-order valence-electron chi connectivity index (χ4n) is 11.5. The van der Waals surface area contributed by atoms with E-state index >= 15 is 0 Å². The highest BCUT2D eigenvalue weighted by atomic mass is 32.1. The molecule has 0 aliphatic carbocycles. The number of para-hydroxylation sites is 2. The van der Waals surface area contributed by atoms with Gasteiger partial charge in [0, 0.05) is 69.7 Å². The lowest BCUT2D eigenvalue weighted by molar-refractivity contribution is 0.671. The Balaban J connectivity index is 1.27. The van der Waals surface area contributed by atoms with Crippen molar-refractivity contribution in [2.24, 2.45) is 0 Å². The first-order valence-electron chi connectivity index (χ1n) is 23.3. The maximum Gasteiger partial charge on any atom is 0.220 e. The molecule has 0 radical (unpaired) electrons. The van der Waals surface area contributed by atoms with Crippen molar-refractivity contribution in [3.63, 3.8) is 0 Å². The molecule has 70 heavy (non-hydrogen) atoms. The molecule has 0 unspecified atom stereocenters. The monoisotopic (exact) mass is 910 g/mol. The van der Waals surface area contributed by atoms with Crippen LogP contribution in [0.15, 0.2) is 197 Å². The predicted molar refractivity (Wildman–Crippen MR) is 289 cm³/mol. The van der Waals surface area contributed by atoms with Gasteiger partial charge in [0.25, 0.3) is 0 Å². The number of benzene rings is 10. The lowest BCUT2D eigenvalue weighted by atomic mass is 9.88. The van der Waals surface area contributed by atoms with Gasteiger partial charge in [0.15, 0.2) is 11.2 Å². The smallest absolute Gasteiger partial charge is 0.220 e. The third-order valence-corrected chi connectivity index (χ3v) is 15.6. The fourth-order valence-corrected chi connectivity index (χ4v) is 12.8. The van der Waals surface area contributed by atoms with E-state index in [1.54, 1.807) is 11.3 Å². The van der Waals surface area contributed by atoms with Crippen LogP contribution in [0.1, 0.15) is 11.1 Å². The van der Waals surface area contributed by atoms with Crippen molar-refractivity contribution in [1.82, 2.24) is 9.13 Å². The Morgan fingerprint density at radius 2 is 1.00 bits per heavy atom. The van der Waals surface area contributed by atoms with Crippen LogP contribution in [0.4, 0.5) is 5.69 Å². The van der Waals surface area contributed by atoms with Gasteiger partial charge in [-0.2, -0.15) is 5.26 Å². The SMILES string of the molecule is [C-]#[N+]c1c(-c2ccccc2)c(C#N)c(-n2c3cc(C)ccc3c3ccc4c5ccccc5oc4c32)c(-c2ccccc2)c1-n1c2c(ccc3c4ccccc4oc32)c2ccc3c4ccccc4sc3c21. The van der Waals surface area contributed by atoms with Gasteiger partial charge >= 0.3 is 0 Å². The molecule has 0 saturated heterocycles. The minimum absolute atomic E-state index is 0.362. The van der Waals surface area contributed by atoms with E-state index < -0.39 is 0 Å². The second kappa shape index (κ2) is 14.3. The van der Waals surface area contributed by atoms with Crippen LogP contribution in [0.5, 0.6) is 0 Å². The van der Waals surface area contributed by atoms with E-state index in [-0.39, 0.29) is 0 Å². The summed E-state index contributed by atoms with van der Waals surface area (Å²) in [6.45, 7) is 11.6. The van der Waals surface area contributed by atoms with Crippen LogP contribution in [-0.2, 0) is 0 Å². The number of thiophene rings is 1. The molecule has 0 amide bonds. The highest BCUT2D eigenvalue weighted by Crippen LogP contribution is 2.55. The van der Waals surface area contributed by atoms with Crippen molar-refractivity contribution >= 4 is 125 Å². The van der Waals surface area contributed by atoms with Crippen molar-refractivity contribution in [3.05, 3.63) is 211 Å². The molecule has 10 aromatic carbocycles. The molecule has 0 atom stereocenters. The number of hydrogen-bond acceptors (Lipinski definition) is 4. The van der Waals surface area contributed by atoms with E-state index in [9.17, 15) is 11.8 Å². The molecule has 6 nitrogen and oxygen atoms in total. The quantitative estimate of drug-likeness (QED) is 0.165. The van der Waals surface area contributed by atoms with Gasteiger partial charge in [-0.05, 0) is 60.0 Å². The van der Waals surface area contributed by atoms with Crippen molar-refractivity contribution in [2.75, 3.05) is 0 Å². The highest BCUT2D eigenvalue weighted by molar-refractivity contribution is 7.26. The van der Waals surface area contributed by atoms with E-state index in [1.807, 2.05) is 84.9 Å². The van der Waals surface area contributed by atoms with E-state index in [2.05, 4.69) is 130 Å². The number of nitrogens with zero attached hydrogens (tertiary/aromatic N) is 4. The zero-order chi connectivity index (χ0) is 46.4. The number of furan rings is 2. The molecule has 15 aromatic rings. The molecule has 0 N–H and O–H groups in total. The average Bonchev–Trinajstić information content (AvgIpc) is 4.23. The Bertz CT molecular complexity index is 4730. The lowest BCUT2D eigenvalue weighted by Crippen LogP contribution is -2.09. The van der Waals surface area contributed by atoms with E-state index in [4.69, 9.17) is 8.83 Å². The molecule has 5 heterocycles. The molecule has 0 aliphatic heterocycles. The minimum atomic E-state index is 0.362. The lowest BCUT2D eigenvalue weighted by Gasteiger charge is -2.26. The maximum atomic E-state index is 12.1. The number of fused-ring (bicyclic) bond motifs is 18. The Morgan fingerprint density at radius 1 is 0.486 bits per heavy atom. The zero-order valence-electron chi connectivity index (χ0n) is 37.4. The van der Waals surface area contributed by atoms with Crippen LogP contribution in [0.25, 0.3) is 146 Å². The van der Waals surface area contributed by atoms with Crippen LogP contribution in [0.3, 0.4) is 0 Å². The molecule has 7 heteroatoms. The molecule has 0 fully saturated rings. The van der Waals surface area contributed by atoms with Crippen LogP contribution >= 0.6 is 11.3 Å². The average molecular weight is 911 g/mol. The molecule has 15 rings (SSSR count). The summed E-state index contributed by atoms with van der Waals surface area (Å²) in [5.74, 6) is 0. The van der Waals surface area contributed by atoms with E-state index in [0.29, 0.717) is 28.2 Å². The third-order valence-electron chi connectivity index (χ3n) is 14.4. The van der Waals surface area contributed by atoms with Gasteiger partial charge in [-0.1, -0.05) is 152 Å². The molecule has 0 bridgehead atoms. The molecular formula is C63H34N4O2S. The standard InChI is InChI=1S/C63H34N4O2S/c1-35-25-26-38-42-27-30-45-39-19-9-12-22-50(39)68-61(45)57(42)66(49(38)33-35)56-48(34-64)53(36-15-5-3-6-16-36)55(65-2)60(54(56)37-17-7-4-8-18-37)67-58-43(28-31-46-40-20-10-13-23-51(40)69-62(46)58)44-29-32-47-41-21-11-14-24-52(41)70-63(47)59(44)67/h3-33H,1H3. The van der Waals surface area contributed by atoms with Gasteiger partial charge in [0.2, 0.25) is 5.69 Å². The second-order valence-electron chi connectivity index (χ2n) is 18.1. The largest absolute Gasteiger partial charge is 0.454 e. The molecule has 5 aromatic heterocycles. The van der Waals surface area contributed by atoms with Crippen LogP contribution < -0.4 is 0 Å². The first-order valence-corrected chi connectivity index (χ1v) is 24.1. The summed E-state index contributed by atoms with van der Waals surface area (Å²) in [7, 11) is 0. The van der Waals surface area contributed by atoms with Gasteiger partial charge in [-0.15, -0.1) is 11.3 Å². The zero-order valence-corrected chi connectivity index (χ0v) is 38.2. The summed E-state index contributed by atoms with van der Waals surface area (Å²) >= 11 is 1.76. The maximum absolute atomic E-state index is 12.1. The molecular weight excluding hydrogens is 877 g/mol. The topological polar surface area (TPSA) is 64.3 Å². The van der Waals surface area contributed by atoms with Gasteiger partial charge < -0.3 is 18.0 Å². The number of aryl methyl sites for hydroxylation is 1. The van der Waals surface area contributed by atoms with Crippen LogP contribution in [0, 0.1) is 24.8 Å². The summed E-state index contributed by atoms with van der Waals surface area (Å²) in [6, 6.07) is 67.8. The Kier molecular flexibility index (Phi) is 7.91. The minimum Gasteiger partial charge on any atom is -0.454 e. The Labute approximate surface area is 403 Å². The van der Waals surface area contributed by atoms with Gasteiger partial charge in [0.05, 0.1) is 50.3 Å². The summed E-state index contributed by atoms with van der Waals surface area (Å²) < 4.78 is 20.9. The molecule has 0 aliphatic rings. The van der Waals surface area contributed by atoms with E-state index in [1.165, 1.54) is 10.1 Å². The first kappa shape index (κ1) is 38.7. The van der Waals surface area contributed by atoms with Crippen LogP contribution in [0.2, 0.25) is 0 Å². The summed E-state index contributed by atoms with van der Waals surface area (Å²) in [5.41, 5.74) is 12.6. The Morgan fingerprint density at radius 3 is 1.64 bits per heavy atom. The van der Waals surface area contributed by atoms with Crippen molar-refractivity contribution in [2.45, 2.75) is 6.92 Å². The van der Waals surface area contributed by atoms with Crippen molar-refractivity contribution < 1.29 is 8.83 Å². The predicted octanol–water partition coefficient (Wildman–Crippen LogP) is 18.1. The highest BCUT2D eigenvalue weighted by Gasteiger charge is 2.34. The van der Waals surface area contributed by atoms with Crippen LogP contribution in [-0.4, -0.2) is 9.13 Å². The number of aromatic nitrogens is 2. The number of nitriles is 1. The van der Waals surface area contributed by atoms with E-state index in [0.717, 1.165) is 120 Å². The van der Waals surface area contributed by atoms with Crippen molar-refractivity contribution in [1.29, 1.82) is 5.26 Å². The summed E-state index contributed by atoms with van der Waals surface area (Å²) in [6.07, 6.45) is 0. The van der Waals surface area contributed by atoms with Crippen molar-refractivity contribution in [3.8, 4) is 39.7 Å². The number of rotatable bonds is 4. The van der Waals surface area contributed by atoms with Gasteiger partial charge in [-0.3, -0.25) is 0 Å². The molecule has 0 saturated carbocycles. The summed E-state index contributed by atoms with van der Waals surface area (Å²) in [5, 5.41) is 22.4. The van der Waals surface area contributed by atoms with Gasteiger partial charge in [0.1, 0.15) is 17.2 Å². The number of hydrogen-bond donors (Lipinski definition) is 0. The van der Waals surface area contributed by atoms with Gasteiger partial charge in [-0.25, -0.2) is 4.85 Å². The second-order valence-corrected chi connectivity index (χ2v) is 19.2.